The summed E-state index contributed by atoms with van der Waals surface area (Å²) in [6, 6.07) is 1.38. The van der Waals surface area contributed by atoms with E-state index in [1.165, 1.54) is 0 Å². The van der Waals surface area contributed by atoms with Crippen LogP contribution in [0.5, 0.6) is 0 Å². The van der Waals surface area contributed by atoms with Crippen molar-refractivity contribution >= 4 is 11.9 Å². The van der Waals surface area contributed by atoms with Gasteiger partial charge >= 0.3 is 0 Å². The van der Waals surface area contributed by atoms with Crippen LogP contribution in [0.1, 0.15) is 39.5 Å². The van der Waals surface area contributed by atoms with E-state index in [9.17, 15) is 4.79 Å². The van der Waals surface area contributed by atoms with Crippen LogP contribution in [0.4, 0.5) is 0 Å². The van der Waals surface area contributed by atoms with E-state index in [1.54, 1.807) is 19.0 Å². The third-order valence-electron chi connectivity index (χ3n) is 5.03. The Balaban J connectivity index is 1.91. The highest BCUT2D eigenvalue weighted by molar-refractivity contribution is 5.85. The molecule has 2 heterocycles. The van der Waals surface area contributed by atoms with Gasteiger partial charge in [-0.1, -0.05) is 0 Å². The summed E-state index contributed by atoms with van der Waals surface area (Å²) in [6.45, 7) is 8.46. The Bertz CT molecular complexity index is 439. The first-order valence-corrected chi connectivity index (χ1v) is 9.55. The molecular weight excluding hydrogens is 318 g/mol. The molecule has 0 aliphatic carbocycles. The number of piperidine rings is 1. The summed E-state index contributed by atoms with van der Waals surface area (Å²) in [4.78, 5) is 20.5. The number of carbonyl (C=O) groups is 1. The maximum absolute atomic E-state index is 11.9. The largest absolute Gasteiger partial charge is 0.381 e. The molecular formula is C18H35N5O2. The molecule has 144 valence electrons. The number of hydrogen-bond donors (Lipinski definition) is 2. The Kier molecular flexibility index (Phi) is 7.96. The van der Waals surface area contributed by atoms with Gasteiger partial charge in [0.15, 0.2) is 5.96 Å². The molecule has 0 spiro atoms. The molecule has 0 radical (unpaired) electrons. The Morgan fingerprint density at radius 1 is 1.12 bits per heavy atom. The number of aliphatic imine (C=N–C) groups is 1. The molecule has 0 saturated carbocycles. The Hall–Kier alpha value is -1.34. The fourth-order valence-electron chi connectivity index (χ4n) is 3.21. The molecule has 7 nitrogen and oxygen atoms in total. The highest BCUT2D eigenvalue weighted by Gasteiger charge is 2.23. The number of guanidine groups is 1. The van der Waals surface area contributed by atoms with E-state index in [-0.39, 0.29) is 12.5 Å². The van der Waals surface area contributed by atoms with Gasteiger partial charge in [0.25, 0.3) is 0 Å². The second-order valence-electron chi connectivity index (χ2n) is 7.53. The molecule has 0 unspecified atom stereocenters. The lowest BCUT2D eigenvalue weighted by atomic mass is 10.0. The standard InChI is InChI=1S/C18H35N5O2/c1-14(2)23-9-5-15(6-10-23)20-18(19-13-17(24)22(3)4)21-16-7-11-25-12-8-16/h14-16H,5-13H2,1-4H3,(H2,19,20,21). The average Bonchev–Trinajstić information content (AvgIpc) is 2.60. The minimum absolute atomic E-state index is 0.0164. The molecule has 0 bridgehead atoms. The van der Waals surface area contributed by atoms with Gasteiger partial charge < -0.3 is 25.2 Å². The summed E-state index contributed by atoms with van der Waals surface area (Å²) < 4.78 is 5.43. The van der Waals surface area contributed by atoms with Crippen LogP contribution in [0.15, 0.2) is 4.99 Å². The highest BCUT2D eigenvalue weighted by atomic mass is 16.5. The molecule has 2 fully saturated rings. The van der Waals surface area contributed by atoms with Crippen molar-refractivity contribution in [2.24, 2.45) is 4.99 Å². The lowest BCUT2D eigenvalue weighted by Crippen LogP contribution is -2.52. The van der Waals surface area contributed by atoms with Crippen molar-refractivity contribution in [2.75, 3.05) is 46.9 Å². The number of rotatable bonds is 5. The van der Waals surface area contributed by atoms with E-state index in [4.69, 9.17) is 4.74 Å². The summed E-state index contributed by atoms with van der Waals surface area (Å²) in [6.07, 6.45) is 4.17. The maximum atomic E-state index is 11.9. The molecule has 2 saturated heterocycles. The smallest absolute Gasteiger partial charge is 0.243 e. The summed E-state index contributed by atoms with van der Waals surface area (Å²) in [7, 11) is 3.52. The van der Waals surface area contributed by atoms with E-state index in [2.05, 4.69) is 34.4 Å². The fraction of sp³-hybridized carbons (Fsp3) is 0.889. The number of nitrogens with zero attached hydrogens (tertiary/aromatic N) is 3. The molecule has 2 aliphatic rings. The topological polar surface area (TPSA) is 69.2 Å². The number of likely N-dealkylation sites (tertiary alicyclic amines) is 1. The molecule has 25 heavy (non-hydrogen) atoms. The van der Waals surface area contributed by atoms with Crippen LogP contribution in [0.2, 0.25) is 0 Å². The highest BCUT2D eigenvalue weighted by Crippen LogP contribution is 2.13. The number of likely N-dealkylation sites (N-methyl/N-ethyl adjacent to an activating group) is 1. The average molecular weight is 354 g/mol. The molecule has 0 aromatic rings. The first-order valence-electron chi connectivity index (χ1n) is 9.55. The predicted octanol–water partition coefficient (Wildman–Crippen LogP) is 0.662. The second kappa shape index (κ2) is 9.97. The van der Waals surface area contributed by atoms with Crippen molar-refractivity contribution in [3.63, 3.8) is 0 Å². The molecule has 0 aromatic carbocycles. The second-order valence-corrected chi connectivity index (χ2v) is 7.53. The summed E-state index contributed by atoms with van der Waals surface area (Å²) >= 11 is 0. The summed E-state index contributed by atoms with van der Waals surface area (Å²) in [5.41, 5.74) is 0. The van der Waals surface area contributed by atoms with Crippen LogP contribution >= 0.6 is 0 Å². The number of amides is 1. The molecule has 2 N–H and O–H groups in total. The minimum Gasteiger partial charge on any atom is -0.381 e. The van der Waals surface area contributed by atoms with Gasteiger partial charge in [-0.2, -0.15) is 0 Å². The zero-order chi connectivity index (χ0) is 18.2. The zero-order valence-electron chi connectivity index (χ0n) is 16.3. The molecule has 7 heteroatoms. The Morgan fingerprint density at radius 3 is 2.20 bits per heavy atom. The van der Waals surface area contributed by atoms with Crippen molar-refractivity contribution in [2.45, 2.75) is 57.7 Å². The zero-order valence-corrected chi connectivity index (χ0v) is 16.3. The Morgan fingerprint density at radius 2 is 1.68 bits per heavy atom. The van der Waals surface area contributed by atoms with Crippen LogP contribution in [0.25, 0.3) is 0 Å². The quantitative estimate of drug-likeness (QED) is 0.561. The number of ether oxygens (including phenoxy) is 1. The third kappa shape index (κ3) is 6.82. The van der Waals surface area contributed by atoms with Gasteiger partial charge in [-0.3, -0.25) is 4.79 Å². The van der Waals surface area contributed by atoms with Gasteiger partial charge in [0.1, 0.15) is 6.54 Å². The normalized spacial score (nSPS) is 21.4. The number of nitrogens with one attached hydrogen (secondary N) is 2. The predicted molar refractivity (Wildman–Crippen MR) is 101 cm³/mol. The van der Waals surface area contributed by atoms with Crippen molar-refractivity contribution in [1.82, 2.24) is 20.4 Å². The summed E-state index contributed by atoms with van der Waals surface area (Å²) in [5, 5.41) is 7.06. The van der Waals surface area contributed by atoms with Crippen LogP contribution in [0, 0.1) is 0 Å². The van der Waals surface area contributed by atoms with E-state index in [0.29, 0.717) is 18.1 Å². The first-order chi connectivity index (χ1) is 12.0. The van der Waals surface area contributed by atoms with Gasteiger partial charge in [-0.05, 0) is 39.5 Å². The lowest BCUT2D eigenvalue weighted by molar-refractivity contribution is -0.127. The monoisotopic (exact) mass is 353 g/mol. The van der Waals surface area contributed by atoms with Crippen molar-refractivity contribution in [3.8, 4) is 0 Å². The van der Waals surface area contributed by atoms with Gasteiger partial charge in [-0.25, -0.2) is 4.99 Å². The van der Waals surface area contributed by atoms with Crippen molar-refractivity contribution in [1.29, 1.82) is 0 Å². The fourth-order valence-corrected chi connectivity index (χ4v) is 3.21. The molecule has 2 rings (SSSR count). The van der Waals surface area contributed by atoms with E-state index in [1.807, 2.05) is 0 Å². The Labute approximate surface area is 152 Å². The van der Waals surface area contributed by atoms with E-state index in [0.717, 1.165) is 57.9 Å². The molecule has 0 aromatic heterocycles. The van der Waals surface area contributed by atoms with Crippen LogP contribution in [-0.4, -0.2) is 86.7 Å². The van der Waals surface area contributed by atoms with Gasteiger partial charge in [0.05, 0.1) is 0 Å². The van der Waals surface area contributed by atoms with E-state index >= 15 is 0 Å². The minimum atomic E-state index is 0.0164. The van der Waals surface area contributed by atoms with Crippen LogP contribution < -0.4 is 10.6 Å². The molecule has 0 atom stereocenters. The molecule has 1 amide bonds. The van der Waals surface area contributed by atoms with Crippen molar-refractivity contribution < 1.29 is 9.53 Å². The lowest BCUT2D eigenvalue weighted by Gasteiger charge is -2.36. The van der Waals surface area contributed by atoms with Crippen LogP contribution in [0.3, 0.4) is 0 Å². The van der Waals surface area contributed by atoms with E-state index < -0.39 is 0 Å². The number of carbonyl (C=O) groups excluding carboxylic acids is 1. The summed E-state index contributed by atoms with van der Waals surface area (Å²) in [5.74, 6) is 0.785. The van der Waals surface area contributed by atoms with Crippen molar-refractivity contribution in [3.05, 3.63) is 0 Å². The maximum Gasteiger partial charge on any atom is 0.243 e. The SMILES string of the molecule is CC(C)N1CCC(NC(=NCC(=O)N(C)C)NC2CCOCC2)CC1. The first kappa shape index (κ1) is 20.0. The molecule has 2 aliphatic heterocycles. The van der Waals surface area contributed by atoms with Gasteiger partial charge in [-0.15, -0.1) is 0 Å². The number of hydrogen-bond acceptors (Lipinski definition) is 4. The van der Waals surface area contributed by atoms with Crippen LogP contribution in [-0.2, 0) is 9.53 Å². The van der Waals surface area contributed by atoms with Gasteiger partial charge in [0, 0.05) is 58.5 Å². The third-order valence-corrected chi connectivity index (χ3v) is 5.03. The van der Waals surface area contributed by atoms with Gasteiger partial charge in [0.2, 0.25) is 5.91 Å².